The van der Waals surface area contributed by atoms with E-state index in [-0.39, 0.29) is 51.5 Å². The van der Waals surface area contributed by atoms with E-state index in [1.807, 2.05) is 42.3 Å². The highest BCUT2D eigenvalue weighted by atomic mass is 32.5. The lowest BCUT2D eigenvalue weighted by Gasteiger charge is -2.38. The number of rotatable bonds is 30. The average molecular weight is 1510 g/mol. The standard InChI is InChI=1S/C31H44FN7O12P2S.C22H27FN5O11PS.2CH4O/c1-18(2)39(19(3)4)52(45-15-11-33-6)50-26-21(49-29(27(26)44-8)38-14-10-23(41)36-31(38)43)17-47-53(54,46-16-12-34-7)51-25-20(5)48-28(24(25)32)37-13-9-22(40)35-30(37)42;1-11-17(15(23)19(37-11)27-7-4-13(29)25-21(27)32)39-40(41,35-9-6-24-2)36-10-12-16(31)18(34-3)20(38-12)28-8-5-14(30)26-22(28)33;2*1-2/h9-10,13-14,18-21,24-29H,11-12,15-17H2,1-5,8H3,(H,35,40,42)(H,36,41,43);4-5,7-8,11-12,15-20,31H,6,9-10H2,1,3H3,(H,25,29,32)(H,26,30,33);2*2H,1H3/t20-,21-,24+,25?,26?,27+,28-,29-,52?,53?;11-,12-,15+,16?,17?,18+,19-,20-,40?;;/m11../s1/i5D;1D;2*2T. The number of ether oxygens (including phenoxy) is 6. The van der Waals surface area contributed by atoms with Gasteiger partial charge in [-0.05, 0) is 65.1 Å². The molecule has 0 amide bonds. The Morgan fingerprint density at radius 3 is 1.30 bits per heavy atom. The molecule has 0 aromatic carbocycles. The van der Waals surface area contributed by atoms with E-state index in [9.17, 15) is 43.5 Å². The van der Waals surface area contributed by atoms with Crippen LogP contribution in [0, 0.1) is 19.7 Å². The van der Waals surface area contributed by atoms with Crippen molar-refractivity contribution in [3.05, 3.63) is 167 Å². The van der Waals surface area contributed by atoms with Crippen molar-refractivity contribution in [1.29, 1.82) is 2.86 Å². The Bertz CT molecular complexity index is 4080. The highest BCUT2D eigenvalue weighted by molar-refractivity contribution is 8.07. The average Bonchev–Trinajstić information content (AvgIpc) is 1.65. The van der Waals surface area contributed by atoms with Crippen LogP contribution in [0.2, 0.25) is 0 Å². The molecular formula is C55H79F2N12O25P3S2. The summed E-state index contributed by atoms with van der Waals surface area (Å²) in [6, 6.07) is 4.04. The molecule has 0 saturated carbocycles. The predicted octanol–water partition coefficient (Wildman–Crippen LogP) is 0.878. The molecule has 0 spiro atoms. The van der Waals surface area contributed by atoms with Gasteiger partial charge < -0.3 is 85.4 Å². The van der Waals surface area contributed by atoms with Crippen molar-refractivity contribution in [3.63, 3.8) is 0 Å². The minimum absolute atomic E-state index is 0.0427. The van der Waals surface area contributed by atoms with E-state index < -0.39 is 192 Å². The summed E-state index contributed by atoms with van der Waals surface area (Å²) >= 11 is 11.2. The maximum Gasteiger partial charge on any atom is 0.330 e. The van der Waals surface area contributed by atoms with E-state index >= 15 is 8.78 Å². The highest BCUT2D eigenvalue weighted by Crippen LogP contribution is 2.57. The fourth-order valence-corrected chi connectivity index (χ4v) is 15.9. The molecule has 7 N–H and O–H groups in total. The number of aromatic nitrogens is 8. The Balaban J connectivity index is 0.000000354. The van der Waals surface area contributed by atoms with Crippen LogP contribution in [0.4, 0.5) is 8.78 Å². The topological polar surface area (TPSA) is 426 Å². The number of aromatic amines is 4. The Labute approximate surface area is 580 Å². The third-order valence-corrected chi connectivity index (χ3v) is 21.1. The van der Waals surface area contributed by atoms with E-state index in [1.54, 1.807) is 0 Å². The molecule has 4 aromatic rings. The van der Waals surface area contributed by atoms with Gasteiger partial charge in [-0.1, -0.05) is 0 Å². The largest absolute Gasteiger partial charge is 0.400 e. The Morgan fingerprint density at radius 1 is 0.596 bits per heavy atom. The first-order valence-electron chi connectivity index (χ1n) is 31.8. The maximum absolute atomic E-state index is 16.1. The number of H-pyrrole nitrogens is 4. The van der Waals surface area contributed by atoms with Crippen LogP contribution in [-0.2, 0) is 88.2 Å². The zero-order valence-corrected chi connectivity index (χ0v) is 58.6. The molecule has 0 bridgehead atoms. The molecule has 0 aliphatic carbocycles. The molecule has 8 rings (SSSR count). The first-order chi connectivity index (χ1) is 49.0. The van der Waals surface area contributed by atoms with Crippen molar-refractivity contribution in [3.8, 4) is 0 Å². The fourth-order valence-electron chi connectivity index (χ4n) is 9.99. The molecule has 4 aromatic heterocycles. The second-order valence-corrected chi connectivity index (χ2v) is 28.6. The van der Waals surface area contributed by atoms with Crippen LogP contribution in [0.25, 0.3) is 14.5 Å². The summed E-state index contributed by atoms with van der Waals surface area (Å²) in [7, 11) is 3.32. The van der Waals surface area contributed by atoms with Gasteiger partial charge in [0.05, 0.1) is 25.4 Å². The maximum atomic E-state index is 16.1. The van der Waals surface area contributed by atoms with Crippen LogP contribution in [0.3, 0.4) is 0 Å². The third kappa shape index (κ3) is 21.8. The van der Waals surface area contributed by atoms with Crippen LogP contribution in [-0.4, -0.2) is 228 Å². The molecule has 7 unspecified atom stereocenters. The second-order valence-electron chi connectivity index (χ2n) is 21.3. The molecule has 550 valence electrons. The number of nitrogens with one attached hydrogen (secondary N) is 4. The van der Waals surface area contributed by atoms with E-state index in [0.29, 0.717) is 0 Å². The number of alkyl halides is 2. The summed E-state index contributed by atoms with van der Waals surface area (Å²) in [5, 5.41) is 17.8. The molecule has 4 saturated heterocycles. The van der Waals surface area contributed by atoms with E-state index in [0.717, 1.165) is 54.9 Å². The van der Waals surface area contributed by atoms with E-state index in [1.165, 1.54) is 40.8 Å². The first-order valence-corrected chi connectivity index (χ1v) is 35.8. The lowest BCUT2D eigenvalue weighted by molar-refractivity contribution is -0.0629. The summed E-state index contributed by atoms with van der Waals surface area (Å²) < 4.78 is 147. The van der Waals surface area contributed by atoms with Crippen molar-refractivity contribution in [2.24, 2.45) is 0 Å². The number of aliphatic hydroxyl groups excluding tert-OH is 3. The third-order valence-electron chi connectivity index (χ3n) is 14.2. The number of halogens is 2. The van der Waals surface area contributed by atoms with Crippen molar-refractivity contribution in [2.45, 2.75) is 152 Å². The lowest BCUT2D eigenvalue weighted by atomic mass is 10.1. The van der Waals surface area contributed by atoms with Crippen LogP contribution in [0.15, 0.2) is 87.4 Å². The van der Waals surface area contributed by atoms with Crippen molar-refractivity contribution < 1.29 is 91.5 Å². The summed E-state index contributed by atoms with van der Waals surface area (Å²) in [6.45, 7) is 18.4. The van der Waals surface area contributed by atoms with Gasteiger partial charge in [0.1, 0.15) is 68.7 Å². The highest BCUT2D eigenvalue weighted by Gasteiger charge is 2.54. The van der Waals surface area contributed by atoms with Crippen LogP contribution in [0.1, 0.15) is 69.1 Å². The van der Waals surface area contributed by atoms with E-state index in [4.69, 9.17) is 114 Å². The van der Waals surface area contributed by atoms with Gasteiger partial charge in [0.25, 0.3) is 30.8 Å². The summed E-state index contributed by atoms with van der Waals surface area (Å²) in [6.07, 6.45) is -17.7. The van der Waals surface area contributed by atoms with Crippen LogP contribution < -0.4 is 45.0 Å². The molecule has 4 aliphatic heterocycles. The molecule has 4 fully saturated rings. The molecule has 37 nitrogen and oxygen atoms in total. The molecule has 19 atom stereocenters. The smallest absolute Gasteiger partial charge is 0.330 e. The number of methoxy groups -OCH3 is 2. The van der Waals surface area contributed by atoms with Gasteiger partial charge in [0.15, 0.2) is 37.3 Å². The number of hydrogen-bond donors (Lipinski definition) is 7. The van der Waals surface area contributed by atoms with Gasteiger partial charge in [0.2, 0.25) is 22.5 Å². The Kier molecular flexibility index (Phi) is 30.8. The van der Waals surface area contributed by atoms with Crippen molar-refractivity contribution >= 4 is 45.6 Å². The number of nitrogens with zero attached hydrogens (tertiary/aromatic N) is 8. The van der Waals surface area contributed by atoms with Gasteiger partial charge in [-0.3, -0.25) is 66.4 Å². The van der Waals surface area contributed by atoms with Gasteiger partial charge in [0, 0.05) is 92.3 Å². The molecule has 44 heteroatoms. The number of hydrogen-bond acceptors (Lipinski definition) is 28. The van der Waals surface area contributed by atoms with Crippen molar-refractivity contribution in [2.75, 3.05) is 81.1 Å². The van der Waals surface area contributed by atoms with Gasteiger partial charge in [-0.25, -0.2) is 52.3 Å². The predicted molar refractivity (Wildman–Crippen MR) is 352 cm³/mol. The van der Waals surface area contributed by atoms with Crippen LogP contribution >= 0.6 is 22.0 Å². The summed E-state index contributed by atoms with van der Waals surface area (Å²) in [5.41, 5.74) is -6.20. The van der Waals surface area contributed by atoms with Crippen LogP contribution in [0.5, 0.6) is 0 Å². The second kappa shape index (κ2) is 39.5. The SMILES string of the molecule is [2H]C[C@H]1O[C@@H](n2ccc(=O)[nH]c2=O)[C@@H](F)C1OP(=S)(OCC[N+]#[C-])OC[C@H]1O[C@@H](n2ccc(=O)[nH]c2=O)[C@@H](OC)C1O.[2H]C[C@H]1O[C@@H](n2ccc(=O)[nH]c2=O)[C@@H](F)C1OP(=S)(OCC[N+]#[C-])OC[C@H]1O[C@@H](n2ccc(=O)[nH]c2=O)[C@@H](OC)C1OP(OCC[N+]#[C-])N(C(C)C)C(C)C.[3H]OC.[3H]OC. The minimum atomic E-state index is -4.07. The Morgan fingerprint density at radius 2 is 0.949 bits per heavy atom. The van der Waals surface area contributed by atoms with Gasteiger partial charge >= 0.3 is 36.2 Å². The zero-order chi connectivity index (χ0) is 76.5. The lowest BCUT2D eigenvalue weighted by Crippen LogP contribution is -2.42. The number of aliphatic hydroxyl groups is 3. The molecule has 4 aliphatic rings. The molecular weight excluding hydrogens is 1420 g/mol. The normalized spacial score (nSPS) is 28.4. The summed E-state index contributed by atoms with van der Waals surface area (Å²) in [4.78, 5) is 114. The quantitative estimate of drug-likeness (QED) is 0.0216. The molecule has 99 heavy (non-hydrogen) atoms. The minimum Gasteiger partial charge on any atom is -0.400 e. The van der Waals surface area contributed by atoms with Gasteiger partial charge in [-0.2, -0.15) is 0 Å². The molecule has 8 heterocycles. The molecule has 0 radical (unpaired) electrons. The first kappa shape index (κ1) is 77.2. The monoisotopic (exact) mass is 1510 g/mol. The Hall–Kier alpha value is -5.94. The summed E-state index contributed by atoms with van der Waals surface area (Å²) in [5.74, 6) is 0. The van der Waals surface area contributed by atoms with Gasteiger partial charge in [-0.15, -0.1) is 0 Å². The van der Waals surface area contributed by atoms with Crippen molar-refractivity contribution in [1.82, 2.24) is 42.9 Å². The zero-order valence-electron chi connectivity index (χ0n) is 58.3. The van der Waals surface area contributed by atoms with E-state index in [2.05, 4.69) is 34.7 Å². The fraction of sp³-hybridized carbons (Fsp3) is 0.655.